The van der Waals surface area contributed by atoms with E-state index >= 15 is 0 Å². The lowest BCUT2D eigenvalue weighted by Gasteiger charge is -2.41. The van der Waals surface area contributed by atoms with Gasteiger partial charge in [0, 0.05) is 12.8 Å². The number of hydrogen-bond donors (Lipinski definition) is 6. The Morgan fingerprint density at radius 2 is 0.905 bits per heavy atom. The molecule has 0 aromatic heterocycles. The number of hydrogen-bond acceptors (Lipinski definition) is 12. The third-order valence-electron chi connectivity index (χ3n) is 11.2. The van der Waals surface area contributed by atoms with E-state index in [9.17, 15) is 44.6 Å². The van der Waals surface area contributed by atoms with Crippen LogP contribution in [0, 0.1) is 0 Å². The Balaban J connectivity index is 2.44. The van der Waals surface area contributed by atoms with Crippen molar-refractivity contribution < 1.29 is 63.1 Å². The quantitative estimate of drug-likeness (QED) is 0.0147. The predicted octanol–water partition coefficient (Wildman–Crippen LogP) is 9.95. The van der Waals surface area contributed by atoms with Crippen LogP contribution in [0.1, 0.15) is 194 Å². The molecule has 1 fully saturated rings. The van der Waals surface area contributed by atoms with Gasteiger partial charge in [0.15, 0.2) is 6.10 Å². The summed E-state index contributed by atoms with van der Waals surface area (Å²) in [6, 6.07) is 0. The standard InChI is InChI=1S/C49H87O13P/c1-3-5-7-9-11-13-15-17-19-20-21-22-24-26-28-30-32-34-36-38-43(51)61-41(40-60-63(57,58)62-49-47(55)45(53)44(52)46(54)48(49)56)39-59-42(50)37-35-33-31-29-27-25-23-18-16-14-12-10-8-6-4-2/h6,8,12,14,18,23,27,29,41,44-49,52-56H,3-5,7,9-11,13,15-17,19-22,24-26,28,30-40H2,1-2H3,(H,57,58)/b8-6-,14-12-,23-18-,29-27-/t41-,44?,45-,46?,47?,48?,49?/m1/s1. The van der Waals surface area contributed by atoms with Gasteiger partial charge in [0.2, 0.25) is 0 Å². The number of aliphatic hydroxyl groups is 5. The number of ether oxygens (including phenoxy) is 2. The lowest BCUT2D eigenvalue weighted by Crippen LogP contribution is -2.64. The van der Waals surface area contributed by atoms with Crippen molar-refractivity contribution >= 4 is 19.8 Å². The minimum atomic E-state index is -5.13. The summed E-state index contributed by atoms with van der Waals surface area (Å²) >= 11 is 0. The van der Waals surface area contributed by atoms with Gasteiger partial charge in [0.1, 0.15) is 43.2 Å². The number of phosphoric acid groups is 1. The van der Waals surface area contributed by atoms with Crippen LogP contribution in [0.4, 0.5) is 0 Å². The largest absolute Gasteiger partial charge is 0.472 e. The molecule has 0 radical (unpaired) electrons. The van der Waals surface area contributed by atoms with Gasteiger partial charge in [-0.25, -0.2) is 4.57 Å². The Bertz CT molecular complexity index is 1290. The summed E-state index contributed by atoms with van der Waals surface area (Å²) in [4.78, 5) is 35.7. The van der Waals surface area contributed by atoms with Gasteiger partial charge in [0.05, 0.1) is 6.61 Å². The molecule has 6 N–H and O–H groups in total. The molecule has 63 heavy (non-hydrogen) atoms. The zero-order valence-corrected chi connectivity index (χ0v) is 39.8. The van der Waals surface area contributed by atoms with Crippen LogP contribution in [0.25, 0.3) is 0 Å². The monoisotopic (exact) mass is 915 g/mol. The van der Waals surface area contributed by atoms with E-state index in [2.05, 4.69) is 62.5 Å². The van der Waals surface area contributed by atoms with Crippen LogP contribution in [0.15, 0.2) is 48.6 Å². The van der Waals surface area contributed by atoms with Gasteiger partial charge >= 0.3 is 19.8 Å². The predicted molar refractivity (Wildman–Crippen MR) is 249 cm³/mol. The number of allylic oxidation sites excluding steroid dienone is 8. The van der Waals surface area contributed by atoms with Crippen molar-refractivity contribution in [1.82, 2.24) is 0 Å². The fourth-order valence-corrected chi connectivity index (χ4v) is 8.25. The van der Waals surface area contributed by atoms with Crippen molar-refractivity contribution in [2.45, 2.75) is 236 Å². The smallest absolute Gasteiger partial charge is 0.462 e. The molecule has 0 heterocycles. The number of unbranched alkanes of at least 4 members (excludes halogenated alkanes) is 20. The number of rotatable bonds is 40. The van der Waals surface area contributed by atoms with Gasteiger partial charge in [-0.05, 0) is 51.4 Å². The molecule has 1 aliphatic rings. The molecule has 14 heteroatoms. The number of carbonyl (C=O) groups is 2. The third kappa shape index (κ3) is 31.4. The van der Waals surface area contributed by atoms with Crippen molar-refractivity contribution in [3.8, 4) is 0 Å². The van der Waals surface area contributed by atoms with Crippen LogP contribution in [-0.2, 0) is 32.7 Å². The number of carbonyl (C=O) groups excluding carboxylic acids is 2. The van der Waals surface area contributed by atoms with Crippen LogP contribution >= 0.6 is 7.82 Å². The topological polar surface area (TPSA) is 210 Å². The highest BCUT2D eigenvalue weighted by Crippen LogP contribution is 2.47. The van der Waals surface area contributed by atoms with E-state index in [1.807, 2.05) is 0 Å². The Kier molecular flexibility index (Phi) is 36.4. The SMILES string of the molecule is CC/C=C\C/C=C\C/C=C\C/C=C\CCCCC(=O)OC[C@H](COP(=O)(O)OC1C(O)C(O)C(O)[C@@H](O)C1O)OC(=O)CCCCCCCCCCCCCCCCCCCCC. The van der Waals surface area contributed by atoms with Crippen LogP contribution < -0.4 is 0 Å². The molecule has 0 spiro atoms. The van der Waals surface area contributed by atoms with Gasteiger partial charge < -0.3 is 39.9 Å². The maximum absolute atomic E-state index is 12.8. The van der Waals surface area contributed by atoms with E-state index in [-0.39, 0.29) is 12.8 Å². The van der Waals surface area contributed by atoms with E-state index in [0.29, 0.717) is 12.8 Å². The van der Waals surface area contributed by atoms with Crippen molar-refractivity contribution in [2.24, 2.45) is 0 Å². The lowest BCUT2D eigenvalue weighted by molar-refractivity contribution is -0.220. The van der Waals surface area contributed by atoms with Crippen molar-refractivity contribution in [3.05, 3.63) is 48.6 Å². The van der Waals surface area contributed by atoms with Crippen LogP contribution in [-0.4, -0.2) is 98.3 Å². The zero-order chi connectivity index (χ0) is 46.4. The summed E-state index contributed by atoms with van der Waals surface area (Å²) < 4.78 is 33.5. The normalized spacial score (nSPS) is 22.1. The van der Waals surface area contributed by atoms with E-state index in [1.54, 1.807) is 0 Å². The molecule has 1 aliphatic carbocycles. The fourth-order valence-electron chi connectivity index (χ4n) is 7.28. The molecule has 13 nitrogen and oxygen atoms in total. The first-order valence-electron chi connectivity index (χ1n) is 24.4. The Labute approximate surface area is 380 Å². The zero-order valence-electron chi connectivity index (χ0n) is 38.9. The molecule has 0 aromatic rings. The highest BCUT2D eigenvalue weighted by atomic mass is 31.2. The Morgan fingerprint density at radius 1 is 0.508 bits per heavy atom. The Morgan fingerprint density at radius 3 is 1.38 bits per heavy atom. The second-order valence-electron chi connectivity index (χ2n) is 16.9. The van der Waals surface area contributed by atoms with Gasteiger partial charge in [0.25, 0.3) is 0 Å². The van der Waals surface area contributed by atoms with Crippen molar-refractivity contribution in [2.75, 3.05) is 13.2 Å². The number of aliphatic hydroxyl groups excluding tert-OH is 5. The van der Waals surface area contributed by atoms with Crippen LogP contribution in [0.2, 0.25) is 0 Å². The molecule has 366 valence electrons. The number of esters is 2. The number of phosphoric ester groups is 1. The summed E-state index contributed by atoms with van der Waals surface area (Å²) in [7, 11) is -5.13. The molecule has 6 unspecified atom stereocenters. The van der Waals surface area contributed by atoms with Crippen LogP contribution in [0.3, 0.4) is 0 Å². The first kappa shape index (κ1) is 58.8. The molecular weight excluding hydrogens is 827 g/mol. The molecule has 1 rings (SSSR count). The first-order valence-corrected chi connectivity index (χ1v) is 25.9. The van der Waals surface area contributed by atoms with Crippen molar-refractivity contribution in [1.29, 1.82) is 0 Å². The van der Waals surface area contributed by atoms with E-state index in [1.165, 1.54) is 89.9 Å². The fraction of sp³-hybridized carbons (Fsp3) is 0.796. The highest BCUT2D eigenvalue weighted by molar-refractivity contribution is 7.47. The van der Waals surface area contributed by atoms with Gasteiger partial charge in [-0.1, -0.05) is 178 Å². The van der Waals surface area contributed by atoms with Gasteiger partial charge in [-0.15, -0.1) is 0 Å². The summed E-state index contributed by atoms with van der Waals surface area (Å²) in [6.07, 6.45) is 33.1. The highest BCUT2D eigenvalue weighted by Gasteiger charge is 2.51. The molecule has 0 saturated heterocycles. The average Bonchev–Trinajstić information content (AvgIpc) is 3.26. The van der Waals surface area contributed by atoms with E-state index < -0.39 is 75.7 Å². The molecule has 1 saturated carbocycles. The second kappa shape index (κ2) is 39.0. The van der Waals surface area contributed by atoms with E-state index in [4.69, 9.17) is 18.5 Å². The minimum absolute atomic E-state index is 0.0897. The van der Waals surface area contributed by atoms with Gasteiger partial charge in [-0.3, -0.25) is 18.6 Å². The maximum atomic E-state index is 12.8. The molecule has 0 amide bonds. The minimum Gasteiger partial charge on any atom is -0.462 e. The second-order valence-corrected chi connectivity index (χ2v) is 18.3. The maximum Gasteiger partial charge on any atom is 0.472 e. The molecule has 0 bridgehead atoms. The molecule has 8 atom stereocenters. The summed E-state index contributed by atoms with van der Waals surface area (Å²) in [5.41, 5.74) is 0. The first-order chi connectivity index (χ1) is 30.4. The van der Waals surface area contributed by atoms with Crippen LogP contribution in [0.5, 0.6) is 0 Å². The van der Waals surface area contributed by atoms with Crippen molar-refractivity contribution in [3.63, 3.8) is 0 Å². The lowest BCUT2D eigenvalue weighted by atomic mass is 9.85. The summed E-state index contributed by atoms with van der Waals surface area (Å²) in [6.45, 7) is 3.17. The van der Waals surface area contributed by atoms with E-state index in [0.717, 1.165) is 64.2 Å². The Hall–Kier alpha value is -2.19. The van der Waals surface area contributed by atoms with Gasteiger partial charge in [-0.2, -0.15) is 0 Å². The summed E-state index contributed by atoms with van der Waals surface area (Å²) in [5.74, 6) is -1.14. The molecule has 0 aromatic carbocycles. The summed E-state index contributed by atoms with van der Waals surface area (Å²) in [5, 5.41) is 50.2. The third-order valence-corrected chi connectivity index (χ3v) is 12.2. The average molecular weight is 915 g/mol. The molecular formula is C49H87O13P. The molecule has 0 aliphatic heterocycles.